The van der Waals surface area contributed by atoms with Crippen molar-refractivity contribution in [1.29, 1.82) is 0 Å². The molecule has 12 heavy (non-hydrogen) atoms. The maximum Gasteiger partial charge on any atom is 0.126 e. The Bertz CT molecular complexity index is 248. The van der Waals surface area contributed by atoms with Gasteiger partial charge in [0.25, 0.3) is 0 Å². The summed E-state index contributed by atoms with van der Waals surface area (Å²) in [6, 6.07) is 4.59. The molecule has 0 amide bonds. The molecular weight excluding hydrogens is 148 g/mol. The van der Waals surface area contributed by atoms with E-state index in [2.05, 4.69) is 37.1 Å². The lowest BCUT2D eigenvalue weighted by atomic mass is 10.2. The van der Waals surface area contributed by atoms with Crippen LogP contribution < -0.4 is 5.32 Å². The highest BCUT2D eigenvalue weighted by Crippen LogP contribution is 2.07. The van der Waals surface area contributed by atoms with Gasteiger partial charge in [0, 0.05) is 13.7 Å². The Hall–Kier alpha value is -1.05. The Kier molecular flexibility index (Phi) is 3.09. The van der Waals surface area contributed by atoms with Crippen LogP contribution in [0, 0.1) is 0 Å². The molecular formula is C10H18N2. The van der Waals surface area contributed by atoms with Gasteiger partial charge in [0.2, 0.25) is 0 Å². The van der Waals surface area contributed by atoms with Crippen LogP contribution in [0.1, 0.15) is 27.8 Å². The lowest BCUT2D eigenvalue weighted by molar-refractivity contribution is 0.887. The molecule has 0 unspecified atom stereocenters. The van der Waals surface area contributed by atoms with Gasteiger partial charge in [-0.15, -0.1) is 0 Å². The Morgan fingerprint density at radius 2 is 2.33 bits per heavy atom. The van der Waals surface area contributed by atoms with Crippen molar-refractivity contribution in [3.05, 3.63) is 23.9 Å². The number of aryl methyl sites for hydroxylation is 1. The Morgan fingerprint density at radius 1 is 1.58 bits per heavy atom. The van der Waals surface area contributed by atoms with Gasteiger partial charge in [0.05, 0.1) is 0 Å². The van der Waals surface area contributed by atoms with Gasteiger partial charge in [-0.1, -0.05) is 6.92 Å². The second-order valence-corrected chi connectivity index (χ2v) is 3.20. The highest BCUT2D eigenvalue weighted by molar-refractivity contribution is 5.38. The van der Waals surface area contributed by atoms with Crippen LogP contribution in [-0.2, 0) is 6.42 Å². The second kappa shape index (κ2) is 4.10. The lowest BCUT2D eigenvalue weighted by Crippen LogP contribution is -2.10. The van der Waals surface area contributed by atoms with Crippen LogP contribution in [0.2, 0.25) is 0 Å². The molecule has 0 atom stereocenters. The quantitative estimate of drug-likeness (QED) is 0.746. The van der Waals surface area contributed by atoms with Crippen LogP contribution in [0.5, 0.6) is 0 Å². The molecule has 1 rings (SSSR count). The van der Waals surface area contributed by atoms with Crippen molar-refractivity contribution in [2.24, 2.45) is 0 Å². The minimum Gasteiger partial charge on any atom is -0.368 e. The SMILES string of the molecule is CCc1ccnc(NC(C)C)c1.[HH]. The average molecular weight is 166 g/mol. The van der Waals surface area contributed by atoms with Gasteiger partial charge in [0.1, 0.15) is 5.82 Å². The first kappa shape index (κ1) is 9.04. The van der Waals surface area contributed by atoms with Crippen LogP contribution in [0.4, 0.5) is 5.82 Å². The van der Waals surface area contributed by atoms with E-state index in [4.69, 9.17) is 0 Å². The molecule has 2 heteroatoms. The summed E-state index contributed by atoms with van der Waals surface area (Å²) in [6.07, 6.45) is 2.92. The molecule has 68 valence electrons. The fourth-order valence-electron chi connectivity index (χ4n) is 1.07. The monoisotopic (exact) mass is 166 g/mol. The van der Waals surface area contributed by atoms with E-state index >= 15 is 0 Å². The van der Waals surface area contributed by atoms with Gasteiger partial charge in [-0.2, -0.15) is 0 Å². The molecule has 1 aromatic rings. The van der Waals surface area contributed by atoms with Crippen LogP contribution in [-0.4, -0.2) is 11.0 Å². The van der Waals surface area contributed by atoms with Gasteiger partial charge in [-0.3, -0.25) is 0 Å². The van der Waals surface area contributed by atoms with Crippen LogP contribution in [0.15, 0.2) is 18.3 Å². The molecule has 0 saturated carbocycles. The highest BCUT2D eigenvalue weighted by atomic mass is 15.0. The summed E-state index contributed by atoms with van der Waals surface area (Å²) in [6.45, 7) is 6.37. The van der Waals surface area contributed by atoms with Crippen LogP contribution >= 0.6 is 0 Å². The Balaban J connectivity index is 0.00000144. The standard InChI is InChI=1S/C10H16N2.H2/c1-4-9-5-6-11-10(7-9)12-8(2)3;/h5-8H,4H2,1-3H3,(H,11,12);1H. The van der Waals surface area contributed by atoms with E-state index in [-0.39, 0.29) is 1.43 Å². The fraction of sp³-hybridized carbons (Fsp3) is 0.500. The summed E-state index contributed by atoms with van der Waals surface area (Å²) in [5, 5.41) is 3.27. The smallest absolute Gasteiger partial charge is 0.126 e. The fourth-order valence-corrected chi connectivity index (χ4v) is 1.07. The van der Waals surface area contributed by atoms with Crippen molar-refractivity contribution in [2.45, 2.75) is 33.2 Å². The third-order valence-corrected chi connectivity index (χ3v) is 1.67. The topological polar surface area (TPSA) is 24.9 Å². The minimum atomic E-state index is 0. The van der Waals surface area contributed by atoms with Gasteiger partial charge in [-0.25, -0.2) is 4.98 Å². The summed E-state index contributed by atoms with van der Waals surface area (Å²) in [5.74, 6) is 0.976. The second-order valence-electron chi connectivity index (χ2n) is 3.20. The number of hydrogen-bond donors (Lipinski definition) is 1. The van der Waals surface area contributed by atoms with E-state index < -0.39 is 0 Å². The molecule has 0 aromatic carbocycles. The van der Waals surface area contributed by atoms with Crippen LogP contribution in [0.3, 0.4) is 0 Å². The average Bonchev–Trinajstić information content (AvgIpc) is 2.03. The first-order valence-corrected chi connectivity index (χ1v) is 4.44. The molecule has 0 aliphatic carbocycles. The van der Waals surface area contributed by atoms with E-state index in [0.29, 0.717) is 6.04 Å². The number of pyridine rings is 1. The number of hydrogen-bond acceptors (Lipinski definition) is 2. The number of anilines is 1. The number of aromatic nitrogens is 1. The summed E-state index contributed by atoms with van der Waals surface area (Å²) < 4.78 is 0. The van der Waals surface area contributed by atoms with Crippen molar-refractivity contribution in [3.63, 3.8) is 0 Å². The van der Waals surface area contributed by atoms with Crippen molar-refractivity contribution in [3.8, 4) is 0 Å². The van der Waals surface area contributed by atoms with Crippen molar-refractivity contribution in [1.82, 2.24) is 4.98 Å². The van der Waals surface area contributed by atoms with E-state index in [1.807, 2.05) is 12.3 Å². The predicted octanol–water partition coefficient (Wildman–Crippen LogP) is 2.71. The number of nitrogens with one attached hydrogen (secondary N) is 1. The first-order chi connectivity index (χ1) is 5.72. The molecule has 0 radical (unpaired) electrons. The van der Waals surface area contributed by atoms with Crippen molar-refractivity contribution >= 4 is 5.82 Å². The summed E-state index contributed by atoms with van der Waals surface area (Å²) in [7, 11) is 0. The zero-order valence-corrected chi connectivity index (χ0v) is 7.96. The Morgan fingerprint density at radius 3 is 2.92 bits per heavy atom. The maximum absolute atomic E-state index is 4.22. The predicted molar refractivity (Wildman–Crippen MR) is 54.5 cm³/mol. The van der Waals surface area contributed by atoms with Crippen molar-refractivity contribution in [2.75, 3.05) is 5.32 Å². The number of nitrogens with zero attached hydrogens (tertiary/aromatic N) is 1. The summed E-state index contributed by atoms with van der Waals surface area (Å²) in [4.78, 5) is 4.22. The molecule has 0 saturated heterocycles. The summed E-state index contributed by atoms with van der Waals surface area (Å²) >= 11 is 0. The molecule has 1 aromatic heterocycles. The van der Waals surface area contributed by atoms with Gasteiger partial charge >= 0.3 is 0 Å². The molecule has 2 nitrogen and oxygen atoms in total. The molecule has 0 fully saturated rings. The third-order valence-electron chi connectivity index (χ3n) is 1.67. The summed E-state index contributed by atoms with van der Waals surface area (Å²) in [5.41, 5.74) is 1.33. The minimum absolute atomic E-state index is 0. The maximum atomic E-state index is 4.22. The molecule has 1 heterocycles. The van der Waals surface area contributed by atoms with E-state index in [1.165, 1.54) is 5.56 Å². The van der Waals surface area contributed by atoms with Gasteiger partial charge < -0.3 is 5.32 Å². The van der Waals surface area contributed by atoms with Gasteiger partial charge in [0.15, 0.2) is 0 Å². The lowest BCUT2D eigenvalue weighted by Gasteiger charge is -2.09. The largest absolute Gasteiger partial charge is 0.368 e. The van der Waals surface area contributed by atoms with Gasteiger partial charge in [-0.05, 0) is 38.0 Å². The van der Waals surface area contributed by atoms with Crippen molar-refractivity contribution < 1.29 is 1.43 Å². The highest BCUT2D eigenvalue weighted by Gasteiger charge is 1.96. The van der Waals surface area contributed by atoms with E-state index in [9.17, 15) is 0 Å². The third kappa shape index (κ3) is 2.53. The Labute approximate surface area is 75.5 Å². The molecule has 0 spiro atoms. The molecule has 1 N–H and O–H groups in total. The van der Waals surface area contributed by atoms with E-state index in [0.717, 1.165) is 12.2 Å². The molecule has 0 bridgehead atoms. The molecule has 0 aliphatic rings. The zero-order valence-electron chi connectivity index (χ0n) is 7.96. The van der Waals surface area contributed by atoms with E-state index in [1.54, 1.807) is 0 Å². The zero-order chi connectivity index (χ0) is 8.97. The molecule has 0 aliphatic heterocycles. The van der Waals surface area contributed by atoms with Crippen LogP contribution in [0.25, 0.3) is 0 Å². The number of rotatable bonds is 3. The normalized spacial score (nSPS) is 10.3. The first-order valence-electron chi connectivity index (χ1n) is 4.44.